The van der Waals surface area contributed by atoms with Crippen LogP contribution in [0.2, 0.25) is 0 Å². The van der Waals surface area contributed by atoms with E-state index in [1.165, 1.54) is 12.1 Å². The Morgan fingerprint density at radius 2 is 1.78 bits per heavy atom. The molecule has 0 aliphatic heterocycles. The molecule has 0 aliphatic carbocycles. The summed E-state index contributed by atoms with van der Waals surface area (Å²) in [5.41, 5.74) is 2.02. The molecule has 7 nitrogen and oxygen atoms in total. The van der Waals surface area contributed by atoms with Crippen molar-refractivity contribution in [1.29, 1.82) is 0 Å². The van der Waals surface area contributed by atoms with E-state index in [1.54, 1.807) is 54.6 Å². The van der Waals surface area contributed by atoms with Crippen LogP contribution in [0, 0.1) is 22.9 Å². The van der Waals surface area contributed by atoms with Gasteiger partial charge in [0, 0.05) is 17.6 Å². The second-order valence-corrected chi connectivity index (χ2v) is 7.26. The number of aryl methyl sites for hydroxylation is 1. The third-order valence-corrected chi connectivity index (χ3v) is 4.93. The molecule has 0 saturated carbocycles. The summed E-state index contributed by atoms with van der Waals surface area (Å²) in [5, 5.41) is 18.1. The Morgan fingerprint density at radius 3 is 2.47 bits per heavy atom. The maximum atomic E-state index is 13.2. The molecule has 0 radical (unpaired) electrons. The topological polar surface area (TPSA) is 97.2 Å². The molecule has 4 aromatic rings. The van der Waals surface area contributed by atoms with Crippen molar-refractivity contribution in [1.82, 2.24) is 4.98 Å². The van der Waals surface area contributed by atoms with Crippen LogP contribution in [0.4, 0.5) is 21.6 Å². The van der Waals surface area contributed by atoms with Gasteiger partial charge in [0.05, 0.1) is 10.4 Å². The van der Waals surface area contributed by atoms with Gasteiger partial charge < -0.3 is 10.6 Å². The van der Waals surface area contributed by atoms with E-state index in [1.807, 2.05) is 13.0 Å². The molecule has 0 spiro atoms. The third-order valence-electron chi connectivity index (χ3n) is 4.93. The normalized spacial score (nSPS) is 10.7. The lowest BCUT2D eigenvalue weighted by molar-refractivity contribution is -0.384. The van der Waals surface area contributed by atoms with Gasteiger partial charge in [-0.3, -0.25) is 14.9 Å². The Bertz CT molecular complexity index is 1310. The van der Waals surface area contributed by atoms with Crippen LogP contribution in [0.25, 0.3) is 10.9 Å². The summed E-state index contributed by atoms with van der Waals surface area (Å²) in [6, 6.07) is 19.7. The number of pyridine rings is 1. The molecular weight excluding hydrogens is 411 g/mol. The zero-order valence-electron chi connectivity index (χ0n) is 17.1. The second kappa shape index (κ2) is 8.81. The number of para-hydroxylation sites is 1. The number of nitro groups is 1. The minimum atomic E-state index is -0.609. The van der Waals surface area contributed by atoms with Crippen LogP contribution in [0.15, 0.2) is 72.8 Å². The fourth-order valence-electron chi connectivity index (χ4n) is 3.40. The summed E-state index contributed by atoms with van der Waals surface area (Å²) in [7, 11) is 0. The highest BCUT2D eigenvalue weighted by Crippen LogP contribution is 2.34. The lowest BCUT2D eigenvalue weighted by atomic mass is 10.0. The number of rotatable bonds is 6. The van der Waals surface area contributed by atoms with Crippen LogP contribution in [0.3, 0.4) is 0 Å². The summed E-state index contributed by atoms with van der Waals surface area (Å²) in [6.07, 6.45) is 0. The highest BCUT2D eigenvalue weighted by Gasteiger charge is 2.29. The van der Waals surface area contributed by atoms with Crippen molar-refractivity contribution in [2.24, 2.45) is 0 Å². The zero-order chi connectivity index (χ0) is 22.7. The van der Waals surface area contributed by atoms with Crippen LogP contribution in [0.1, 0.15) is 21.5 Å². The number of benzene rings is 3. The Kier molecular flexibility index (Phi) is 5.76. The Labute approximate surface area is 183 Å². The van der Waals surface area contributed by atoms with E-state index in [9.17, 15) is 19.3 Å². The maximum Gasteiger partial charge on any atom is 0.324 e. The molecule has 1 aromatic heterocycles. The third kappa shape index (κ3) is 4.39. The van der Waals surface area contributed by atoms with Gasteiger partial charge in [0.25, 0.3) is 5.91 Å². The van der Waals surface area contributed by atoms with E-state index in [-0.39, 0.29) is 23.7 Å². The zero-order valence-corrected chi connectivity index (χ0v) is 17.1. The summed E-state index contributed by atoms with van der Waals surface area (Å²) < 4.78 is 13.2. The summed E-state index contributed by atoms with van der Waals surface area (Å²) in [5.74, 6) is -1.02. The Hall–Kier alpha value is -4.33. The van der Waals surface area contributed by atoms with Crippen molar-refractivity contribution >= 4 is 34.0 Å². The molecule has 0 fully saturated rings. The smallest absolute Gasteiger partial charge is 0.324 e. The quantitative estimate of drug-likeness (QED) is 0.313. The van der Waals surface area contributed by atoms with Gasteiger partial charge in [-0.25, -0.2) is 9.37 Å². The number of carbonyl (C=O) groups excluding carboxylic acids is 1. The highest BCUT2D eigenvalue weighted by molar-refractivity contribution is 6.16. The molecule has 160 valence electrons. The molecule has 4 rings (SSSR count). The van der Waals surface area contributed by atoms with Gasteiger partial charge >= 0.3 is 5.69 Å². The number of hydrogen-bond acceptors (Lipinski definition) is 5. The van der Waals surface area contributed by atoms with E-state index in [0.29, 0.717) is 22.2 Å². The lowest BCUT2D eigenvalue weighted by Gasteiger charge is -2.13. The van der Waals surface area contributed by atoms with Gasteiger partial charge in [-0.2, -0.15) is 0 Å². The van der Waals surface area contributed by atoms with Crippen molar-refractivity contribution in [3.63, 3.8) is 0 Å². The first-order valence-corrected chi connectivity index (χ1v) is 9.86. The fraction of sp³-hybridized carbons (Fsp3) is 0.0833. The first kappa shape index (κ1) is 20.9. The Morgan fingerprint density at radius 1 is 1.06 bits per heavy atom. The van der Waals surface area contributed by atoms with Gasteiger partial charge in [-0.1, -0.05) is 42.0 Å². The SMILES string of the molecule is Cc1ccc2nc(NCc3ccc(F)cc3)c([N+](=O)[O-])c(C(=O)Nc3ccccc3)c2c1. The number of carbonyl (C=O) groups is 1. The van der Waals surface area contributed by atoms with Crippen LogP contribution in [-0.2, 0) is 6.54 Å². The number of fused-ring (bicyclic) bond motifs is 1. The van der Waals surface area contributed by atoms with E-state index >= 15 is 0 Å². The van der Waals surface area contributed by atoms with E-state index in [2.05, 4.69) is 15.6 Å². The minimum Gasteiger partial charge on any atom is -0.360 e. The molecule has 2 N–H and O–H groups in total. The molecular formula is C24H19FN4O3. The number of halogens is 1. The fourth-order valence-corrected chi connectivity index (χ4v) is 3.40. The van der Waals surface area contributed by atoms with Crippen molar-refractivity contribution < 1.29 is 14.1 Å². The number of nitrogens with zero attached hydrogens (tertiary/aromatic N) is 2. The van der Waals surface area contributed by atoms with E-state index in [4.69, 9.17) is 0 Å². The average molecular weight is 430 g/mol. The van der Waals surface area contributed by atoms with E-state index in [0.717, 1.165) is 5.56 Å². The lowest BCUT2D eigenvalue weighted by Crippen LogP contribution is -2.17. The Balaban J connectivity index is 1.82. The average Bonchev–Trinajstić information content (AvgIpc) is 2.78. The number of amides is 1. The van der Waals surface area contributed by atoms with Gasteiger partial charge in [0.15, 0.2) is 0 Å². The van der Waals surface area contributed by atoms with Gasteiger partial charge in [-0.15, -0.1) is 0 Å². The molecule has 3 aromatic carbocycles. The maximum absolute atomic E-state index is 13.2. The molecule has 1 heterocycles. The molecule has 32 heavy (non-hydrogen) atoms. The second-order valence-electron chi connectivity index (χ2n) is 7.26. The largest absolute Gasteiger partial charge is 0.360 e. The molecule has 0 saturated heterocycles. The van der Waals surface area contributed by atoms with Crippen LogP contribution in [-0.4, -0.2) is 15.8 Å². The minimum absolute atomic E-state index is 0.0334. The van der Waals surface area contributed by atoms with Crippen LogP contribution < -0.4 is 10.6 Å². The van der Waals surface area contributed by atoms with Crippen LogP contribution >= 0.6 is 0 Å². The standard InChI is InChI=1S/C24H19FN4O3/c1-15-7-12-20-19(13-15)21(24(30)27-18-5-3-2-4-6-18)22(29(31)32)23(28-20)26-14-16-8-10-17(25)11-9-16/h2-13H,14H2,1H3,(H,26,28)(H,27,30). The van der Waals surface area contributed by atoms with Crippen molar-refractivity contribution in [3.8, 4) is 0 Å². The number of anilines is 2. The number of nitrogens with one attached hydrogen (secondary N) is 2. The monoisotopic (exact) mass is 430 g/mol. The first-order chi connectivity index (χ1) is 15.4. The molecule has 0 bridgehead atoms. The predicted molar refractivity (Wildman–Crippen MR) is 121 cm³/mol. The van der Waals surface area contributed by atoms with Crippen molar-refractivity contribution in [3.05, 3.63) is 105 Å². The summed E-state index contributed by atoms with van der Waals surface area (Å²) >= 11 is 0. The van der Waals surface area contributed by atoms with Crippen molar-refractivity contribution in [2.45, 2.75) is 13.5 Å². The van der Waals surface area contributed by atoms with Crippen LogP contribution in [0.5, 0.6) is 0 Å². The predicted octanol–water partition coefficient (Wildman–Crippen LogP) is 5.45. The summed E-state index contributed by atoms with van der Waals surface area (Å²) in [4.78, 5) is 29.1. The summed E-state index contributed by atoms with van der Waals surface area (Å²) in [6.45, 7) is 2.01. The molecule has 0 aliphatic rings. The van der Waals surface area contributed by atoms with Gasteiger partial charge in [0.2, 0.25) is 5.82 Å². The number of hydrogen-bond donors (Lipinski definition) is 2. The molecule has 8 heteroatoms. The molecule has 1 amide bonds. The molecule has 0 unspecified atom stereocenters. The number of aromatic nitrogens is 1. The van der Waals surface area contributed by atoms with Gasteiger partial charge in [-0.05, 0) is 48.9 Å². The molecule has 0 atom stereocenters. The van der Waals surface area contributed by atoms with Gasteiger partial charge in [0.1, 0.15) is 11.4 Å². The highest BCUT2D eigenvalue weighted by atomic mass is 19.1. The van der Waals surface area contributed by atoms with Crippen molar-refractivity contribution in [2.75, 3.05) is 10.6 Å². The van der Waals surface area contributed by atoms with E-state index < -0.39 is 16.5 Å². The first-order valence-electron chi connectivity index (χ1n) is 9.86.